The Morgan fingerprint density at radius 3 is 2.51 bits per heavy atom. The van der Waals surface area contributed by atoms with Crippen molar-refractivity contribution in [1.29, 1.82) is 0 Å². The lowest BCUT2D eigenvalue weighted by molar-refractivity contribution is 0.130. The molecule has 0 radical (unpaired) electrons. The Labute approximate surface area is 241 Å². The van der Waals surface area contributed by atoms with Crippen LogP contribution >= 0.6 is 23.2 Å². The Morgan fingerprint density at radius 2 is 1.82 bits per heavy atom. The maximum atomic E-state index is 13.1. The molecular formula is C27H37Cl2N5O4S. The van der Waals surface area contributed by atoms with E-state index in [1.165, 1.54) is 18.2 Å². The molecule has 0 spiro atoms. The first kappa shape index (κ1) is 31.0. The van der Waals surface area contributed by atoms with Crippen molar-refractivity contribution in [3.8, 4) is 0 Å². The molecule has 0 saturated carbocycles. The van der Waals surface area contributed by atoms with Gasteiger partial charge in [-0.1, -0.05) is 41.4 Å². The van der Waals surface area contributed by atoms with Gasteiger partial charge in [-0.15, -0.1) is 0 Å². The summed E-state index contributed by atoms with van der Waals surface area (Å²) in [5, 5.41) is 6.31. The van der Waals surface area contributed by atoms with E-state index in [0.29, 0.717) is 37.5 Å². The Morgan fingerprint density at radius 1 is 1.08 bits per heavy atom. The summed E-state index contributed by atoms with van der Waals surface area (Å²) in [6.07, 6.45) is 3.78. The van der Waals surface area contributed by atoms with E-state index in [4.69, 9.17) is 23.2 Å². The maximum absolute atomic E-state index is 13.1. The number of unbranched alkanes of at least 4 members (excludes halogenated alkanes) is 1. The minimum absolute atomic E-state index is 0.0299. The van der Waals surface area contributed by atoms with Crippen LogP contribution < -0.4 is 15.4 Å². The average molecular weight is 599 g/mol. The average Bonchev–Trinajstić information content (AvgIpc) is 2.88. The summed E-state index contributed by atoms with van der Waals surface area (Å²) in [5.74, 6) is 0. The van der Waals surface area contributed by atoms with Gasteiger partial charge in [-0.25, -0.2) is 22.7 Å². The molecule has 1 aliphatic rings. The number of benzene rings is 2. The zero-order valence-corrected chi connectivity index (χ0v) is 24.7. The second-order valence-corrected chi connectivity index (χ2v) is 12.4. The highest BCUT2D eigenvalue weighted by Gasteiger charge is 2.30. The molecule has 12 heteroatoms. The molecule has 2 aromatic rings. The molecule has 3 N–H and O–H groups in total. The van der Waals surface area contributed by atoms with Crippen LogP contribution in [0.1, 0.15) is 46.0 Å². The van der Waals surface area contributed by atoms with Crippen molar-refractivity contribution in [1.82, 2.24) is 19.8 Å². The number of carbonyl (C=O) groups excluding carboxylic acids is 2. The number of rotatable bonds is 11. The molecule has 1 saturated heterocycles. The number of halogens is 2. The predicted molar refractivity (Wildman–Crippen MR) is 156 cm³/mol. The monoisotopic (exact) mass is 597 g/mol. The summed E-state index contributed by atoms with van der Waals surface area (Å²) in [5.41, 5.74) is 0.726. The van der Waals surface area contributed by atoms with Gasteiger partial charge in [-0.2, -0.15) is 0 Å². The zero-order valence-electron chi connectivity index (χ0n) is 22.3. The van der Waals surface area contributed by atoms with Gasteiger partial charge >= 0.3 is 12.1 Å². The second kappa shape index (κ2) is 14.7. The van der Waals surface area contributed by atoms with Crippen LogP contribution in [0.3, 0.4) is 0 Å². The van der Waals surface area contributed by atoms with Crippen LogP contribution in [0, 0.1) is 0 Å². The van der Waals surface area contributed by atoms with E-state index in [0.717, 1.165) is 24.9 Å². The number of para-hydroxylation sites is 1. The van der Waals surface area contributed by atoms with Gasteiger partial charge in [0.05, 0.1) is 11.1 Å². The summed E-state index contributed by atoms with van der Waals surface area (Å²) in [4.78, 5) is 29.6. The molecule has 2 aromatic carbocycles. The molecule has 1 atom stereocenters. The van der Waals surface area contributed by atoms with Gasteiger partial charge < -0.3 is 20.4 Å². The highest BCUT2D eigenvalue weighted by atomic mass is 35.5. The molecule has 1 heterocycles. The fraction of sp³-hybridized carbons (Fsp3) is 0.481. The molecule has 1 unspecified atom stereocenters. The summed E-state index contributed by atoms with van der Waals surface area (Å²) < 4.78 is 27.8. The molecule has 0 aliphatic carbocycles. The number of anilines is 1. The third kappa shape index (κ3) is 9.56. The molecular weight excluding hydrogens is 561 g/mol. The molecule has 0 aromatic heterocycles. The summed E-state index contributed by atoms with van der Waals surface area (Å²) >= 11 is 11.9. The van der Waals surface area contributed by atoms with Crippen molar-refractivity contribution >= 4 is 51.0 Å². The standard InChI is InChI=1S/C27H37Cl2N5O4S/c1-20(2)31-26(35)33(16-9-7-15-30-39(37,38)25-14-13-21(28)18-24(25)29)19-23-12-6-8-17-34(23)27(36)32-22-10-4-3-5-11-22/h3-5,10-11,13-14,18,20,23,30H,6-9,12,15-17,19H2,1-2H3,(H,31,35)(H,32,36). The first-order valence-electron chi connectivity index (χ1n) is 13.2. The van der Waals surface area contributed by atoms with E-state index in [2.05, 4.69) is 15.4 Å². The molecule has 9 nitrogen and oxygen atoms in total. The Balaban J connectivity index is 1.58. The lowest BCUT2D eigenvalue weighted by Gasteiger charge is -2.39. The molecule has 214 valence electrons. The molecule has 39 heavy (non-hydrogen) atoms. The third-order valence-corrected chi connectivity index (χ3v) is 8.55. The van der Waals surface area contributed by atoms with Crippen LogP contribution in [0.4, 0.5) is 15.3 Å². The number of carbonyl (C=O) groups is 2. The largest absolute Gasteiger partial charge is 0.336 e. The molecule has 4 amide bonds. The summed E-state index contributed by atoms with van der Waals surface area (Å²) in [7, 11) is -3.79. The van der Waals surface area contributed by atoms with E-state index >= 15 is 0 Å². The quantitative estimate of drug-likeness (QED) is 0.294. The van der Waals surface area contributed by atoms with Gasteiger partial charge in [-0.05, 0) is 76.3 Å². The summed E-state index contributed by atoms with van der Waals surface area (Å²) in [6.45, 7) is 5.42. The number of hydrogen-bond donors (Lipinski definition) is 3. The van der Waals surface area contributed by atoms with Crippen LogP contribution in [0.5, 0.6) is 0 Å². The van der Waals surface area contributed by atoms with Gasteiger partial charge in [0.1, 0.15) is 4.90 Å². The smallest absolute Gasteiger partial charge is 0.322 e. The number of hydrogen-bond acceptors (Lipinski definition) is 4. The Bertz CT molecular complexity index is 1210. The number of piperidine rings is 1. The topological polar surface area (TPSA) is 111 Å². The number of urea groups is 2. The summed E-state index contributed by atoms with van der Waals surface area (Å²) in [6, 6.07) is 13.0. The number of sulfonamides is 1. The van der Waals surface area contributed by atoms with E-state index in [9.17, 15) is 18.0 Å². The number of amides is 4. The van der Waals surface area contributed by atoms with Crippen molar-refractivity contribution in [2.24, 2.45) is 0 Å². The lowest BCUT2D eigenvalue weighted by Crippen LogP contribution is -2.54. The Kier molecular flexibility index (Phi) is 11.7. The van der Waals surface area contributed by atoms with Crippen LogP contribution in [0.2, 0.25) is 10.0 Å². The van der Waals surface area contributed by atoms with Gasteiger partial charge in [0.15, 0.2) is 0 Å². The number of nitrogens with zero attached hydrogens (tertiary/aromatic N) is 2. The highest BCUT2D eigenvalue weighted by Crippen LogP contribution is 2.25. The molecule has 0 bridgehead atoms. The lowest BCUT2D eigenvalue weighted by atomic mass is 10.0. The van der Waals surface area contributed by atoms with Crippen molar-refractivity contribution in [3.05, 3.63) is 58.6 Å². The van der Waals surface area contributed by atoms with Gasteiger partial charge in [0, 0.05) is 42.9 Å². The van der Waals surface area contributed by atoms with E-state index in [-0.39, 0.29) is 40.6 Å². The zero-order chi connectivity index (χ0) is 28.4. The van der Waals surface area contributed by atoms with Gasteiger partial charge in [0.2, 0.25) is 10.0 Å². The predicted octanol–water partition coefficient (Wildman–Crippen LogP) is 5.56. The molecule has 3 rings (SSSR count). The minimum Gasteiger partial charge on any atom is -0.336 e. The first-order valence-corrected chi connectivity index (χ1v) is 15.4. The third-order valence-electron chi connectivity index (χ3n) is 6.37. The normalized spacial score (nSPS) is 15.7. The Hall–Kier alpha value is -2.53. The van der Waals surface area contributed by atoms with Crippen molar-refractivity contribution in [2.75, 3.05) is 31.5 Å². The fourth-order valence-electron chi connectivity index (χ4n) is 4.45. The van der Waals surface area contributed by atoms with Crippen LogP contribution in [-0.4, -0.2) is 68.5 Å². The number of likely N-dealkylation sites (tertiary alicyclic amines) is 1. The highest BCUT2D eigenvalue weighted by molar-refractivity contribution is 7.89. The van der Waals surface area contributed by atoms with E-state index < -0.39 is 10.0 Å². The van der Waals surface area contributed by atoms with Gasteiger partial charge in [-0.3, -0.25) is 0 Å². The second-order valence-electron chi connectivity index (χ2n) is 9.87. The fourth-order valence-corrected chi connectivity index (χ4v) is 6.29. The van der Waals surface area contributed by atoms with Crippen molar-refractivity contribution in [2.45, 2.75) is 62.9 Å². The van der Waals surface area contributed by atoms with Crippen LogP contribution in [0.25, 0.3) is 0 Å². The van der Waals surface area contributed by atoms with Crippen LogP contribution in [-0.2, 0) is 10.0 Å². The van der Waals surface area contributed by atoms with Crippen molar-refractivity contribution < 1.29 is 18.0 Å². The molecule has 1 fully saturated rings. The van der Waals surface area contributed by atoms with E-state index in [1.54, 1.807) is 4.90 Å². The first-order chi connectivity index (χ1) is 18.6. The minimum atomic E-state index is -3.79. The van der Waals surface area contributed by atoms with Crippen LogP contribution in [0.15, 0.2) is 53.4 Å². The molecule has 1 aliphatic heterocycles. The van der Waals surface area contributed by atoms with Gasteiger partial charge in [0.25, 0.3) is 0 Å². The van der Waals surface area contributed by atoms with E-state index in [1.807, 2.05) is 49.1 Å². The maximum Gasteiger partial charge on any atom is 0.322 e. The SMILES string of the molecule is CC(C)NC(=O)N(CCCCNS(=O)(=O)c1ccc(Cl)cc1Cl)CC1CCCCN1C(=O)Nc1ccccc1. The number of nitrogens with one attached hydrogen (secondary N) is 3. The van der Waals surface area contributed by atoms with Crippen molar-refractivity contribution in [3.63, 3.8) is 0 Å².